The Kier molecular flexibility index (Phi) is 3.34. The van der Waals surface area contributed by atoms with E-state index < -0.39 is 0 Å². The number of nitrogens with zero attached hydrogens (tertiary/aromatic N) is 1. The summed E-state index contributed by atoms with van der Waals surface area (Å²) in [6.07, 6.45) is 5.45. The minimum absolute atomic E-state index is 0.123. The van der Waals surface area contributed by atoms with Gasteiger partial charge in [-0.3, -0.25) is 10.1 Å². The minimum Gasteiger partial charge on any atom is -0.378 e. The van der Waals surface area contributed by atoms with E-state index in [1.807, 2.05) is 30.3 Å². The number of nitro benzene ring substituents is 1. The van der Waals surface area contributed by atoms with E-state index in [4.69, 9.17) is 11.6 Å². The summed E-state index contributed by atoms with van der Waals surface area (Å²) in [6.45, 7) is 0. The van der Waals surface area contributed by atoms with Crippen LogP contribution < -0.4 is 5.32 Å². The Hall–Kier alpha value is -2.33. The summed E-state index contributed by atoms with van der Waals surface area (Å²) in [6, 6.07) is 12.9. The maximum absolute atomic E-state index is 10.8. The molecule has 4 rings (SSSR count). The van der Waals surface area contributed by atoms with Crippen LogP contribution in [0, 0.1) is 16.0 Å². The summed E-state index contributed by atoms with van der Waals surface area (Å²) in [5.74, 6) is 0.743. The van der Waals surface area contributed by atoms with E-state index in [0.717, 1.165) is 22.7 Å². The van der Waals surface area contributed by atoms with Gasteiger partial charge in [0.2, 0.25) is 0 Å². The van der Waals surface area contributed by atoms with Gasteiger partial charge in [0.05, 0.1) is 11.0 Å². The van der Waals surface area contributed by atoms with E-state index in [-0.39, 0.29) is 16.7 Å². The molecule has 1 aliphatic carbocycles. The molecular weight excluding hydrogens is 312 g/mol. The van der Waals surface area contributed by atoms with Gasteiger partial charge in [-0.05, 0) is 41.7 Å². The predicted octanol–water partition coefficient (Wildman–Crippen LogP) is 5.07. The van der Waals surface area contributed by atoms with E-state index in [1.165, 1.54) is 5.56 Å². The lowest BCUT2D eigenvalue weighted by molar-refractivity contribution is -0.384. The molecule has 2 aromatic carbocycles. The van der Waals surface area contributed by atoms with Gasteiger partial charge < -0.3 is 5.32 Å². The van der Waals surface area contributed by atoms with Crippen LogP contribution in [-0.2, 0) is 0 Å². The van der Waals surface area contributed by atoms with Crippen molar-refractivity contribution < 1.29 is 4.92 Å². The van der Waals surface area contributed by atoms with E-state index in [1.54, 1.807) is 12.1 Å². The second-order valence-corrected chi connectivity index (χ2v) is 6.49. The van der Waals surface area contributed by atoms with Gasteiger partial charge in [-0.25, -0.2) is 0 Å². The Morgan fingerprint density at radius 2 is 1.96 bits per heavy atom. The molecule has 1 aliphatic heterocycles. The number of allylic oxidation sites excluding steroid dienone is 2. The Morgan fingerprint density at radius 3 is 2.70 bits per heavy atom. The first-order valence-corrected chi connectivity index (χ1v) is 7.98. The van der Waals surface area contributed by atoms with E-state index in [2.05, 4.69) is 17.5 Å². The second kappa shape index (κ2) is 5.39. The van der Waals surface area contributed by atoms with Crippen molar-refractivity contribution in [2.24, 2.45) is 5.92 Å². The van der Waals surface area contributed by atoms with Crippen molar-refractivity contribution in [2.45, 2.75) is 18.4 Å². The van der Waals surface area contributed by atoms with Crippen molar-refractivity contribution in [1.29, 1.82) is 0 Å². The standard InChI is InChI=1S/C18H15ClN2O2/c19-12-6-9-17-16(10-12)14-2-1-3-15(14)18(20-17)11-4-7-13(8-5-11)21(22)23/h1-2,4-10,14-15,18,20H,3H2/t14-,15+,18+/m0/s1. The molecule has 0 amide bonds. The van der Waals surface area contributed by atoms with Crippen LogP contribution in [0.2, 0.25) is 5.02 Å². The van der Waals surface area contributed by atoms with E-state index in [0.29, 0.717) is 11.8 Å². The number of non-ortho nitro benzene ring substituents is 1. The van der Waals surface area contributed by atoms with Crippen LogP contribution in [0.1, 0.15) is 29.5 Å². The highest BCUT2D eigenvalue weighted by Gasteiger charge is 2.37. The van der Waals surface area contributed by atoms with Crippen molar-refractivity contribution in [3.63, 3.8) is 0 Å². The van der Waals surface area contributed by atoms with Gasteiger partial charge in [-0.1, -0.05) is 35.9 Å². The fourth-order valence-corrected chi connectivity index (χ4v) is 3.88. The van der Waals surface area contributed by atoms with E-state index >= 15 is 0 Å². The first-order valence-electron chi connectivity index (χ1n) is 7.60. The molecule has 4 nitrogen and oxygen atoms in total. The third-order valence-electron chi connectivity index (χ3n) is 4.79. The molecular formula is C18H15ClN2O2. The van der Waals surface area contributed by atoms with Crippen LogP contribution in [-0.4, -0.2) is 4.92 Å². The summed E-state index contributed by atoms with van der Waals surface area (Å²) in [5.41, 5.74) is 3.52. The number of hydrogen-bond acceptors (Lipinski definition) is 3. The third-order valence-corrected chi connectivity index (χ3v) is 5.02. The molecule has 1 heterocycles. The highest BCUT2D eigenvalue weighted by molar-refractivity contribution is 6.30. The van der Waals surface area contributed by atoms with Crippen LogP contribution in [0.3, 0.4) is 0 Å². The van der Waals surface area contributed by atoms with Crippen LogP contribution >= 0.6 is 11.6 Å². The van der Waals surface area contributed by atoms with Crippen molar-refractivity contribution in [3.05, 3.63) is 80.9 Å². The SMILES string of the molecule is O=[N+]([O-])c1ccc([C@H]2Nc3ccc(Cl)cc3[C@H]3C=CC[C@H]32)cc1. The fraction of sp³-hybridized carbons (Fsp3) is 0.222. The summed E-state index contributed by atoms with van der Waals surface area (Å²) in [4.78, 5) is 10.5. The quantitative estimate of drug-likeness (QED) is 0.476. The molecule has 0 fully saturated rings. The van der Waals surface area contributed by atoms with Gasteiger partial charge in [0.15, 0.2) is 0 Å². The Morgan fingerprint density at radius 1 is 1.17 bits per heavy atom. The predicted molar refractivity (Wildman–Crippen MR) is 90.9 cm³/mol. The van der Waals surface area contributed by atoms with Gasteiger partial charge in [0, 0.05) is 28.8 Å². The molecule has 3 atom stereocenters. The number of fused-ring (bicyclic) bond motifs is 3. The maximum Gasteiger partial charge on any atom is 0.269 e. The van der Waals surface area contributed by atoms with Crippen molar-refractivity contribution >= 4 is 23.0 Å². The van der Waals surface area contributed by atoms with Crippen molar-refractivity contribution in [1.82, 2.24) is 0 Å². The van der Waals surface area contributed by atoms with Crippen molar-refractivity contribution in [2.75, 3.05) is 5.32 Å². The van der Waals surface area contributed by atoms with Gasteiger partial charge in [0.1, 0.15) is 0 Å². The fourth-order valence-electron chi connectivity index (χ4n) is 3.70. The highest BCUT2D eigenvalue weighted by Crippen LogP contribution is 2.50. The zero-order valence-corrected chi connectivity index (χ0v) is 13.0. The Balaban J connectivity index is 1.73. The second-order valence-electron chi connectivity index (χ2n) is 6.06. The molecule has 5 heteroatoms. The van der Waals surface area contributed by atoms with Crippen LogP contribution in [0.4, 0.5) is 11.4 Å². The zero-order chi connectivity index (χ0) is 16.0. The topological polar surface area (TPSA) is 55.2 Å². The van der Waals surface area contributed by atoms with Crippen molar-refractivity contribution in [3.8, 4) is 0 Å². The van der Waals surface area contributed by atoms with Crippen LogP contribution in [0.15, 0.2) is 54.6 Å². The Bertz CT molecular complexity index is 801. The monoisotopic (exact) mass is 326 g/mol. The molecule has 1 N–H and O–H groups in total. The number of benzene rings is 2. The third kappa shape index (κ3) is 2.39. The molecule has 2 aliphatic rings. The average Bonchev–Trinajstić information content (AvgIpc) is 3.04. The normalized spacial score (nSPS) is 24.7. The number of hydrogen-bond donors (Lipinski definition) is 1. The molecule has 2 aromatic rings. The zero-order valence-electron chi connectivity index (χ0n) is 12.3. The number of halogens is 1. The lowest BCUT2D eigenvalue weighted by atomic mass is 9.77. The molecule has 0 spiro atoms. The highest BCUT2D eigenvalue weighted by atomic mass is 35.5. The molecule has 23 heavy (non-hydrogen) atoms. The molecule has 0 saturated heterocycles. The number of rotatable bonds is 2. The summed E-state index contributed by atoms with van der Waals surface area (Å²) in [5, 5.41) is 15.2. The summed E-state index contributed by atoms with van der Waals surface area (Å²) >= 11 is 6.15. The number of nitrogens with one attached hydrogen (secondary N) is 1. The molecule has 0 saturated carbocycles. The first kappa shape index (κ1) is 14.3. The van der Waals surface area contributed by atoms with E-state index in [9.17, 15) is 10.1 Å². The number of anilines is 1. The molecule has 0 bridgehead atoms. The first-order chi connectivity index (χ1) is 11.1. The molecule has 116 valence electrons. The van der Waals surface area contributed by atoms with Gasteiger partial charge >= 0.3 is 0 Å². The smallest absolute Gasteiger partial charge is 0.269 e. The number of nitro groups is 1. The summed E-state index contributed by atoms with van der Waals surface area (Å²) in [7, 11) is 0. The maximum atomic E-state index is 10.8. The molecule has 0 radical (unpaired) electrons. The minimum atomic E-state index is -0.366. The lowest BCUT2D eigenvalue weighted by Gasteiger charge is -2.37. The van der Waals surface area contributed by atoms with Crippen LogP contribution in [0.5, 0.6) is 0 Å². The molecule has 0 aromatic heterocycles. The molecule has 0 unspecified atom stereocenters. The average molecular weight is 327 g/mol. The van der Waals surface area contributed by atoms with Gasteiger partial charge in [-0.2, -0.15) is 0 Å². The summed E-state index contributed by atoms with van der Waals surface area (Å²) < 4.78 is 0. The van der Waals surface area contributed by atoms with Gasteiger partial charge in [0.25, 0.3) is 5.69 Å². The van der Waals surface area contributed by atoms with Gasteiger partial charge in [-0.15, -0.1) is 0 Å². The lowest BCUT2D eigenvalue weighted by Crippen LogP contribution is -2.29. The van der Waals surface area contributed by atoms with Crippen LogP contribution in [0.25, 0.3) is 0 Å². The Labute approximate surface area is 138 Å². The largest absolute Gasteiger partial charge is 0.378 e.